The van der Waals surface area contributed by atoms with Gasteiger partial charge in [0.05, 0.1) is 15.7 Å². The van der Waals surface area contributed by atoms with E-state index in [2.05, 4.69) is 21.7 Å². The number of rotatable bonds is 2. The van der Waals surface area contributed by atoms with Crippen LogP contribution in [-0.2, 0) is 0 Å². The van der Waals surface area contributed by atoms with Crippen LogP contribution in [0.3, 0.4) is 0 Å². The summed E-state index contributed by atoms with van der Waals surface area (Å²) in [7, 11) is 0. The Bertz CT molecular complexity index is 843. The summed E-state index contributed by atoms with van der Waals surface area (Å²) >= 11 is 0. The zero-order valence-corrected chi connectivity index (χ0v) is 18.0. The summed E-state index contributed by atoms with van der Waals surface area (Å²) in [6.45, 7) is 12.6. The van der Waals surface area contributed by atoms with Gasteiger partial charge in [0.15, 0.2) is 0 Å². The lowest BCUT2D eigenvalue weighted by Crippen LogP contribution is -2.39. The summed E-state index contributed by atoms with van der Waals surface area (Å²) in [6, 6.07) is 6.28. The van der Waals surface area contributed by atoms with Crippen molar-refractivity contribution < 1.29 is 4.92 Å². The Balaban J connectivity index is 0.000000353. The molecule has 1 saturated heterocycles. The van der Waals surface area contributed by atoms with Crippen molar-refractivity contribution in [2.75, 3.05) is 26.2 Å². The highest BCUT2D eigenvalue weighted by atomic mass is 16.6. The second-order valence-corrected chi connectivity index (χ2v) is 6.13. The number of nitrogens with zero attached hydrogens (tertiary/aromatic N) is 1. The van der Waals surface area contributed by atoms with Gasteiger partial charge < -0.3 is 15.6 Å². The van der Waals surface area contributed by atoms with Crippen LogP contribution in [0.1, 0.15) is 52.7 Å². The van der Waals surface area contributed by atoms with Gasteiger partial charge >= 0.3 is 0 Å². The molecule has 0 spiro atoms. The third-order valence-corrected chi connectivity index (χ3v) is 4.41. The van der Waals surface area contributed by atoms with Gasteiger partial charge in [-0.15, -0.1) is 0 Å². The summed E-state index contributed by atoms with van der Waals surface area (Å²) in [5, 5.41) is 18.2. The van der Waals surface area contributed by atoms with E-state index in [9.17, 15) is 14.9 Å². The molecule has 29 heavy (non-hydrogen) atoms. The van der Waals surface area contributed by atoms with Crippen LogP contribution in [0.15, 0.2) is 35.1 Å². The molecule has 0 bridgehead atoms. The van der Waals surface area contributed by atoms with Crippen LogP contribution in [0.4, 0.5) is 5.69 Å². The van der Waals surface area contributed by atoms with Crippen molar-refractivity contribution in [1.82, 2.24) is 15.6 Å². The fraction of sp³-hybridized carbons (Fsp3) is 0.500. The molecule has 160 valence electrons. The third kappa shape index (κ3) is 7.11. The molecule has 4 rings (SSSR count). The van der Waals surface area contributed by atoms with E-state index < -0.39 is 4.92 Å². The molecular weight excluding hydrogens is 368 g/mol. The quantitative estimate of drug-likeness (QED) is 0.515. The van der Waals surface area contributed by atoms with Crippen molar-refractivity contribution in [2.24, 2.45) is 0 Å². The minimum Gasteiger partial charge on any atom is -0.322 e. The molecule has 2 aromatic rings. The van der Waals surface area contributed by atoms with Crippen molar-refractivity contribution in [3.05, 3.63) is 56.5 Å². The van der Waals surface area contributed by atoms with Crippen LogP contribution in [0, 0.1) is 10.1 Å². The molecule has 1 fully saturated rings. The normalized spacial score (nSPS) is 15.0. The number of nitro groups is 1. The SMILES string of the molecule is C1CNCCN1.CC.CC.O=c1[nH]c(C2=CCCC2)cc2c([N+](=O)[O-])cccc12. The molecule has 1 aromatic carbocycles. The Kier molecular flexibility index (Phi) is 11.5. The van der Waals surface area contributed by atoms with E-state index in [0.29, 0.717) is 16.5 Å². The van der Waals surface area contributed by atoms with Crippen LogP contribution in [0.2, 0.25) is 0 Å². The van der Waals surface area contributed by atoms with Crippen molar-refractivity contribution in [3.8, 4) is 0 Å². The molecule has 1 aliphatic carbocycles. The number of allylic oxidation sites excluding steroid dienone is 2. The van der Waals surface area contributed by atoms with Crippen LogP contribution < -0.4 is 16.2 Å². The van der Waals surface area contributed by atoms with Crippen LogP contribution in [0.5, 0.6) is 0 Å². The van der Waals surface area contributed by atoms with Gasteiger partial charge in [-0.2, -0.15) is 0 Å². The zero-order chi connectivity index (χ0) is 21.6. The number of H-pyrrole nitrogens is 1. The predicted molar refractivity (Wildman–Crippen MR) is 121 cm³/mol. The summed E-state index contributed by atoms with van der Waals surface area (Å²) < 4.78 is 0. The molecule has 0 radical (unpaired) electrons. The first-order valence-electron chi connectivity index (χ1n) is 10.6. The maximum atomic E-state index is 12.0. The number of aromatic amines is 1. The van der Waals surface area contributed by atoms with E-state index in [1.807, 2.05) is 27.7 Å². The van der Waals surface area contributed by atoms with Gasteiger partial charge in [-0.1, -0.05) is 39.8 Å². The molecule has 1 aromatic heterocycles. The fourth-order valence-corrected chi connectivity index (χ4v) is 3.12. The lowest BCUT2D eigenvalue weighted by molar-refractivity contribution is -0.383. The number of hydrogen-bond donors (Lipinski definition) is 3. The number of benzene rings is 1. The highest BCUT2D eigenvalue weighted by Gasteiger charge is 2.16. The number of piperazine rings is 1. The maximum absolute atomic E-state index is 12.0. The largest absolute Gasteiger partial charge is 0.322 e. The van der Waals surface area contributed by atoms with Gasteiger partial charge in [0.1, 0.15) is 0 Å². The second kappa shape index (κ2) is 13.6. The van der Waals surface area contributed by atoms with Crippen LogP contribution >= 0.6 is 0 Å². The lowest BCUT2D eigenvalue weighted by atomic mass is 10.1. The molecule has 0 amide bonds. The predicted octanol–water partition coefficient (Wildman–Crippen LogP) is 4.24. The average molecular weight is 403 g/mol. The van der Waals surface area contributed by atoms with Gasteiger partial charge in [0.2, 0.25) is 0 Å². The number of non-ortho nitro benzene ring substituents is 1. The molecule has 1 aliphatic heterocycles. The van der Waals surface area contributed by atoms with Crippen molar-refractivity contribution in [2.45, 2.75) is 47.0 Å². The Labute approximate surface area is 172 Å². The molecule has 0 atom stereocenters. The first-order valence-corrected chi connectivity index (χ1v) is 10.6. The van der Waals surface area contributed by atoms with E-state index in [4.69, 9.17) is 0 Å². The number of pyridine rings is 1. The lowest BCUT2D eigenvalue weighted by Gasteiger charge is -2.11. The summed E-state index contributed by atoms with van der Waals surface area (Å²) in [5.41, 5.74) is 1.47. The minimum atomic E-state index is -0.450. The molecule has 0 unspecified atom stereocenters. The van der Waals surface area contributed by atoms with E-state index in [1.165, 1.54) is 12.1 Å². The molecular formula is C22H34N4O3. The molecule has 7 nitrogen and oxygen atoms in total. The van der Waals surface area contributed by atoms with E-state index in [0.717, 1.165) is 51.0 Å². The molecule has 2 aliphatic rings. The number of fused-ring (bicyclic) bond motifs is 1. The highest BCUT2D eigenvalue weighted by molar-refractivity contribution is 5.92. The standard InChI is InChI=1S/C14H12N2O3.C4H10N2.2C2H6/c17-14-10-6-3-7-13(16(18)19)11(10)8-12(15-14)9-4-1-2-5-9;1-2-6-4-3-5-1;2*1-2/h3-4,6-8H,1-2,5H2,(H,15,17);5-6H,1-4H2;2*1-2H3. The second-order valence-electron chi connectivity index (χ2n) is 6.13. The number of nitro benzene ring substituents is 1. The van der Waals surface area contributed by atoms with Gasteiger partial charge in [-0.25, -0.2) is 0 Å². The Morgan fingerprint density at radius 3 is 2.07 bits per heavy atom. The summed E-state index contributed by atoms with van der Waals surface area (Å²) in [6.07, 6.45) is 5.03. The van der Waals surface area contributed by atoms with Crippen molar-refractivity contribution in [1.29, 1.82) is 0 Å². The fourth-order valence-electron chi connectivity index (χ4n) is 3.12. The van der Waals surface area contributed by atoms with Gasteiger partial charge in [-0.05, 0) is 37.0 Å². The maximum Gasteiger partial charge on any atom is 0.277 e. The first kappa shape index (κ1) is 24.5. The molecule has 2 heterocycles. The monoisotopic (exact) mass is 402 g/mol. The Morgan fingerprint density at radius 1 is 0.966 bits per heavy atom. The topological polar surface area (TPSA) is 100 Å². The molecule has 7 heteroatoms. The summed E-state index contributed by atoms with van der Waals surface area (Å²) in [4.78, 5) is 25.4. The average Bonchev–Trinajstić information content (AvgIpc) is 3.33. The highest BCUT2D eigenvalue weighted by Crippen LogP contribution is 2.29. The van der Waals surface area contributed by atoms with E-state index >= 15 is 0 Å². The van der Waals surface area contributed by atoms with Gasteiger partial charge in [0.25, 0.3) is 11.2 Å². The Morgan fingerprint density at radius 2 is 1.59 bits per heavy atom. The van der Waals surface area contributed by atoms with Gasteiger partial charge in [-0.3, -0.25) is 14.9 Å². The van der Waals surface area contributed by atoms with Crippen LogP contribution in [0.25, 0.3) is 16.3 Å². The van der Waals surface area contributed by atoms with Crippen LogP contribution in [-0.4, -0.2) is 36.1 Å². The zero-order valence-electron chi connectivity index (χ0n) is 18.0. The Hall–Kier alpha value is -2.51. The first-order chi connectivity index (χ1) is 14.2. The van der Waals surface area contributed by atoms with Crippen molar-refractivity contribution >= 4 is 22.0 Å². The molecule has 0 saturated carbocycles. The van der Waals surface area contributed by atoms with Gasteiger partial charge in [0, 0.05) is 37.9 Å². The minimum absolute atomic E-state index is 0.0246. The number of hydrogen-bond acceptors (Lipinski definition) is 5. The number of aromatic nitrogens is 1. The van der Waals surface area contributed by atoms with E-state index in [-0.39, 0.29) is 11.2 Å². The van der Waals surface area contributed by atoms with Crippen molar-refractivity contribution in [3.63, 3.8) is 0 Å². The van der Waals surface area contributed by atoms with E-state index in [1.54, 1.807) is 12.1 Å². The smallest absolute Gasteiger partial charge is 0.277 e. The number of nitrogens with one attached hydrogen (secondary N) is 3. The summed E-state index contributed by atoms with van der Waals surface area (Å²) in [5.74, 6) is 0. The molecule has 3 N–H and O–H groups in total. The third-order valence-electron chi connectivity index (χ3n) is 4.41.